The number of fused-ring (bicyclic) bond motifs is 1. The molecule has 2 aromatic heterocycles. The third kappa shape index (κ3) is 11.0. The molecule has 0 bridgehead atoms. The van der Waals surface area contributed by atoms with Crippen molar-refractivity contribution in [2.45, 2.75) is 27.1 Å². The SMILES string of the molecule is Cc1c(N=Cc2ccccc2OCc2cc3c(cc2COc2ccccc2C=Nc2c(C)n(C)n(-c4ccccc4)c2=O)OCCOCCOCCOCCO3)c(=O)n(-c2ccccc2)n1C. The van der Waals surface area contributed by atoms with Gasteiger partial charge < -0.3 is 33.2 Å². The molecule has 0 spiro atoms. The summed E-state index contributed by atoms with van der Waals surface area (Å²) in [6, 6.07) is 37.8. The molecule has 3 heterocycles. The minimum absolute atomic E-state index is 0.117. The number of benzene rings is 5. The van der Waals surface area contributed by atoms with E-state index in [1.54, 1.807) is 31.2 Å². The Morgan fingerprint density at radius 2 is 0.866 bits per heavy atom. The van der Waals surface area contributed by atoms with Crippen LogP contribution in [0.25, 0.3) is 11.4 Å². The Balaban J connectivity index is 1.08. The van der Waals surface area contributed by atoms with E-state index in [9.17, 15) is 9.59 Å². The molecule has 1 aliphatic heterocycles. The van der Waals surface area contributed by atoms with Crippen LogP contribution in [0.3, 0.4) is 0 Å². The van der Waals surface area contributed by atoms with E-state index in [2.05, 4.69) is 0 Å². The van der Waals surface area contributed by atoms with Crippen LogP contribution < -0.4 is 30.1 Å². The molecule has 15 nitrogen and oxygen atoms in total. The zero-order chi connectivity index (χ0) is 46.5. The molecule has 15 heteroatoms. The highest BCUT2D eigenvalue weighted by atomic mass is 16.6. The summed E-state index contributed by atoms with van der Waals surface area (Å²) in [4.78, 5) is 36.7. The number of nitrogens with zero attached hydrogens (tertiary/aromatic N) is 6. The van der Waals surface area contributed by atoms with Gasteiger partial charge in [0.05, 0.1) is 62.4 Å². The second kappa shape index (κ2) is 22.2. The fourth-order valence-corrected chi connectivity index (χ4v) is 7.52. The van der Waals surface area contributed by atoms with E-state index in [1.165, 1.54) is 0 Å². The largest absolute Gasteiger partial charge is 0.488 e. The lowest BCUT2D eigenvalue weighted by Crippen LogP contribution is -2.19. The Kier molecular flexibility index (Phi) is 15.2. The summed E-state index contributed by atoms with van der Waals surface area (Å²) < 4.78 is 49.5. The third-order valence-electron chi connectivity index (χ3n) is 11.3. The molecule has 0 unspecified atom stereocenters. The topological polar surface area (TPSA) is 143 Å². The van der Waals surface area contributed by atoms with Gasteiger partial charge >= 0.3 is 0 Å². The highest BCUT2D eigenvalue weighted by Gasteiger charge is 2.19. The summed E-state index contributed by atoms with van der Waals surface area (Å²) in [5.41, 5.74) is 6.04. The van der Waals surface area contributed by atoms with E-state index in [0.717, 1.165) is 33.9 Å². The first-order chi connectivity index (χ1) is 32.8. The Bertz CT molecular complexity index is 2750. The second-order valence-electron chi connectivity index (χ2n) is 15.6. The molecule has 1 aliphatic rings. The van der Waals surface area contributed by atoms with Crippen LogP contribution in [0.1, 0.15) is 33.6 Å². The predicted octanol–water partition coefficient (Wildman–Crippen LogP) is 7.76. The van der Waals surface area contributed by atoms with E-state index in [1.807, 2.05) is 149 Å². The molecule has 0 fully saturated rings. The van der Waals surface area contributed by atoms with Gasteiger partial charge in [-0.25, -0.2) is 19.3 Å². The van der Waals surface area contributed by atoms with Crippen molar-refractivity contribution < 1.29 is 33.2 Å². The van der Waals surface area contributed by atoms with Crippen LogP contribution in [0.15, 0.2) is 141 Å². The summed E-state index contributed by atoms with van der Waals surface area (Å²) in [7, 11) is 3.68. The minimum atomic E-state index is -0.229. The molecule has 67 heavy (non-hydrogen) atoms. The van der Waals surface area contributed by atoms with Crippen LogP contribution in [0.4, 0.5) is 11.4 Å². The van der Waals surface area contributed by atoms with Gasteiger partial charge in [0.1, 0.15) is 37.9 Å². The van der Waals surface area contributed by atoms with Crippen molar-refractivity contribution in [3.8, 4) is 34.4 Å². The van der Waals surface area contributed by atoms with Gasteiger partial charge in [-0.05, 0) is 85.6 Å². The van der Waals surface area contributed by atoms with E-state index >= 15 is 0 Å². The molecule has 346 valence electrons. The van der Waals surface area contributed by atoms with Gasteiger partial charge in [0.2, 0.25) is 0 Å². The van der Waals surface area contributed by atoms with Gasteiger partial charge in [0.15, 0.2) is 22.9 Å². The summed E-state index contributed by atoms with van der Waals surface area (Å²) >= 11 is 0. The first-order valence-electron chi connectivity index (χ1n) is 22.1. The summed E-state index contributed by atoms with van der Waals surface area (Å²) in [5, 5.41) is 0. The summed E-state index contributed by atoms with van der Waals surface area (Å²) in [6.45, 7) is 7.00. The van der Waals surface area contributed by atoms with Crippen molar-refractivity contribution in [3.05, 3.63) is 176 Å². The average Bonchev–Trinajstić information content (AvgIpc) is 3.70. The number of para-hydroxylation sites is 4. The molecule has 0 saturated heterocycles. The lowest BCUT2D eigenvalue weighted by Gasteiger charge is -2.19. The molecule has 0 saturated carbocycles. The quantitative estimate of drug-likeness (QED) is 0.112. The predicted molar refractivity (Wildman–Crippen MR) is 257 cm³/mol. The van der Waals surface area contributed by atoms with Crippen LogP contribution >= 0.6 is 0 Å². The molecule has 5 aromatic carbocycles. The average molecular weight is 907 g/mol. The molecule has 8 rings (SSSR count). The van der Waals surface area contributed by atoms with Crippen LogP contribution in [0.5, 0.6) is 23.0 Å². The van der Waals surface area contributed by atoms with Crippen LogP contribution in [-0.2, 0) is 41.5 Å². The number of aliphatic imine (C=N–C) groups is 2. The van der Waals surface area contributed by atoms with E-state index in [0.29, 0.717) is 85.1 Å². The first-order valence-corrected chi connectivity index (χ1v) is 22.1. The maximum atomic E-state index is 13.6. The van der Waals surface area contributed by atoms with Crippen LogP contribution in [-0.4, -0.2) is 84.0 Å². The number of aromatic nitrogens is 4. The zero-order valence-corrected chi connectivity index (χ0v) is 38.1. The van der Waals surface area contributed by atoms with Gasteiger partial charge in [0.25, 0.3) is 11.1 Å². The highest BCUT2D eigenvalue weighted by Crippen LogP contribution is 2.34. The van der Waals surface area contributed by atoms with Gasteiger partial charge in [0, 0.05) is 37.7 Å². The van der Waals surface area contributed by atoms with Crippen LogP contribution in [0, 0.1) is 13.8 Å². The van der Waals surface area contributed by atoms with Gasteiger partial charge in [-0.1, -0.05) is 60.7 Å². The molecule has 0 aliphatic carbocycles. The number of hydrogen-bond donors (Lipinski definition) is 0. The van der Waals surface area contributed by atoms with Gasteiger partial charge in [-0.3, -0.25) is 19.0 Å². The van der Waals surface area contributed by atoms with Gasteiger partial charge in [-0.2, -0.15) is 0 Å². The molecular formula is C52H54N6O9. The smallest absolute Gasteiger partial charge is 0.297 e. The number of hydrogen-bond acceptors (Lipinski definition) is 11. The molecule has 7 aromatic rings. The standard InChI is InChI=1S/C52H54N6O9/c1-37-49(51(59)57(55(37)3)43-17-7-5-8-18-43)53-33-39-15-11-13-21-45(39)66-35-41-31-47-48(65-30-28-63-26-24-61-23-25-62-27-29-64-47)32-42(41)36-67-46-22-14-12-16-40(46)34-54-50-38(2)56(4)58(52(50)60)44-19-9-6-10-20-44/h5-22,31-34H,23-30,35-36H2,1-4H3. The molecule has 0 atom stereocenters. The van der Waals surface area contributed by atoms with Crippen molar-refractivity contribution >= 4 is 23.8 Å². The molecule has 0 radical (unpaired) electrons. The van der Waals surface area contributed by atoms with Crippen LogP contribution in [0.2, 0.25) is 0 Å². The molecular weight excluding hydrogens is 853 g/mol. The van der Waals surface area contributed by atoms with Gasteiger partial charge in [-0.15, -0.1) is 0 Å². The second-order valence-corrected chi connectivity index (χ2v) is 15.6. The molecule has 0 amide bonds. The maximum absolute atomic E-state index is 13.6. The van der Waals surface area contributed by atoms with E-state index in [-0.39, 0.29) is 37.5 Å². The Morgan fingerprint density at radius 3 is 1.27 bits per heavy atom. The third-order valence-corrected chi connectivity index (χ3v) is 11.3. The lowest BCUT2D eigenvalue weighted by atomic mass is 10.1. The van der Waals surface area contributed by atoms with Crippen molar-refractivity contribution in [2.24, 2.45) is 24.1 Å². The first kappa shape index (κ1) is 46.1. The van der Waals surface area contributed by atoms with Crippen molar-refractivity contribution in [2.75, 3.05) is 52.9 Å². The monoisotopic (exact) mass is 906 g/mol. The number of ether oxygens (including phenoxy) is 7. The maximum Gasteiger partial charge on any atom is 0.297 e. The van der Waals surface area contributed by atoms with E-state index in [4.69, 9.17) is 43.1 Å². The number of rotatable bonds is 12. The summed E-state index contributed by atoms with van der Waals surface area (Å²) in [5.74, 6) is 2.13. The highest BCUT2D eigenvalue weighted by molar-refractivity contribution is 5.86. The van der Waals surface area contributed by atoms with Crippen molar-refractivity contribution in [3.63, 3.8) is 0 Å². The normalized spacial score (nSPS) is 14.0. The van der Waals surface area contributed by atoms with Crippen molar-refractivity contribution in [1.82, 2.24) is 18.7 Å². The Hall–Kier alpha value is -7.46. The molecule has 0 N–H and O–H groups in total. The fraction of sp³-hybridized carbons (Fsp3) is 0.269. The Labute approximate surface area is 388 Å². The minimum Gasteiger partial charge on any atom is -0.488 e. The lowest BCUT2D eigenvalue weighted by molar-refractivity contribution is 0.00708. The Morgan fingerprint density at radius 1 is 0.507 bits per heavy atom. The summed E-state index contributed by atoms with van der Waals surface area (Å²) in [6.07, 6.45) is 3.31. The zero-order valence-electron chi connectivity index (χ0n) is 38.1. The van der Waals surface area contributed by atoms with Crippen molar-refractivity contribution in [1.29, 1.82) is 0 Å². The fourth-order valence-electron chi connectivity index (χ4n) is 7.52. The van der Waals surface area contributed by atoms with E-state index < -0.39 is 0 Å².